The van der Waals surface area contributed by atoms with E-state index in [0.717, 1.165) is 33.9 Å². The molecule has 0 saturated heterocycles. The Morgan fingerprint density at radius 1 is 0.903 bits per heavy atom. The quantitative estimate of drug-likeness (QED) is 0.426. The number of fused-ring (bicyclic) bond motifs is 1. The zero-order chi connectivity index (χ0) is 21.8. The third kappa shape index (κ3) is 4.53. The topological polar surface area (TPSA) is 86.1 Å². The minimum atomic E-state index is 0.225. The number of anilines is 3. The predicted octanol–water partition coefficient (Wildman–Crippen LogP) is 4.78. The van der Waals surface area contributed by atoms with E-state index in [4.69, 9.17) is 19.4 Å². The largest absolute Gasteiger partial charge is 0.497 e. The van der Waals surface area contributed by atoms with Crippen molar-refractivity contribution < 1.29 is 9.47 Å². The van der Waals surface area contributed by atoms with Crippen molar-refractivity contribution in [3.63, 3.8) is 0 Å². The highest BCUT2D eigenvalue weighted by Crippen LogP contribution is 2.26. The smallest absolute Gasteiger partial charge is 0.231 e. The molecule has 8 nitrogen and oxygen atoms in total. The van der Waals surface area contributed by atoms with E-state index < -0.39 is 0 Å². The van der Waals surface area contributed by atoms with Crippen LogP contribution in [-0.2, 0) is 6.54 Å². The van der Waals surface area contributed by atoms with Crippen LogP contribution in [0.2, 0.25) is 0 Å². The van der Waals surface area contributed by atoms with Gasteiger partial charge in [-0.05, 0) is 55.8 Å². The van der Waals surface area contributed by atoms with Crippen molar-refractivity contribution in [1.29, 1.82) is 0 Å². The van der Waals surface area contributed by atoms with Crippen LogP contribution in [0.25, 0.3) is 11.2 Å². The lowest BCUT2D eigenvalue weighted by atomic mass is 10.2. The molecule has 0 aliphatic rings. The summed E-state index contributed by atoms with van der Waals surface area (Å²) in [6, 6.07) is 15.8. The highest BCUT2D eigenvalue weighted by Gasteiger charge is 2.15. The zero-order valence-corrected chi connectivity index (χ0v) is 18.1. The summed E-state index contributed by atoms with van der Waals surface area (Å²) in [4.78, 5) is 14.0. The van der Waals surface area contributed by atoms with Gasteiger partial charge in [0.25, 0.3) is 0 Å². The molecule has 2 heterocycles. The summed E-state index contributed by atoms with van der Waals surface area (Å²) in [5.74, 6) is 2.80. The molecule has 0 aliphatic heterocycles. The third-order valence-corrected chi connectivity index (χ3v) is 4.94. The van der Waals surface area contributed by atoms with E-state index in [9.17, 15) is 0 Å². The third-order valence-electron chi connectivity index (χ3n) is 4.94. The number of nitrogens with zero attached hydrogens (tertiary/aromatic N) is 4. The van der Waals surface area contributed by atoms with Crippen molar-refractivity contribution in [2.75, 3.05) is 24.9 Å². The SMILES string of the molecule is COc1ccc(CNc2nc(Nc3ccc(OC)cc3)nc3c2ncn3C(C)C)cc1. The number of methoxy groups -OCH3 is 2. The molecule has 0 unspecified atom stereocenters. The molecular weight excluding hydrogens is 392 g/mol. The highest BCUT2D eigenvalue weighted by atomic mass is 16.5. The average Bonchev–Trinajstić information content (AvgIpc) is 3.23. The molecule has 2 aromatic carbocycles. The molecule has 0 saturated carbocycles. The molecule has 8 heteroatoms. The van der Waals surface area contributed by atoms with Gasteiger partial charge in [0.2, 0.25) is 5.95 Å². The first kappa shape index (κ1) is 20.5. The maximum absolute atomic E-state index is 5.23. The summed E-state index contributed by atoms with van der Waals surface area (Å²) in [5.41, 5.74) is 3.50. The Morgan fingerprint density at radius 3 is 2.16 bits per heavy atom. The van der Waals surface area contributed by atoms with Gasteiger partial charge in [0.1, 0.15) is 11.5 Å². The van der Waals surface area contributed by atoms with Gasteiger partial charge in [-0.3, -0.25) is 0 Å². The maximum Gasteiger partial charge on any atom is 0.231 e. The van der Waals surface area contributed by atoms with E-state index in [1.165, 1.54) is 0 Å². The fourth-order valence-corrected chi connectivity index (χ4v) is 3.21. The van der Waals surface area contributed by atoms with Crippen LogP contribution >= 0.6 is 0 Å². The van der Waals surface area contributed by atoms with Gasteiger partial charge in [0.15, 0.2) is 17.0 Å². The molecule has 0 radical (unpaired) electrons. The van der Waals surface area contributed by atoms with Crippen LogP contribution in [0.15, 0.2) is 54.9 Å². The predicted molar refractivity (Wildman–Crippen MR) is 122 cm³/mol. The summed E-state index contributed by atoms with van der Waals surface area (Å²) >= 11 is 0. The minimum Gasteiger partial charge on any atom is -0.497 e. The lowest BCUT2D eigenvalue weighted by molar-refractivity contribution is 0.414. The molecule has 2 N–H and O–H groups in total. The van der Waals surface area contributed by atoms with Crippen molar-refractivity contribution >= 4 is 28.6 Å². The normalized spacial score (nSPS) is 11.0. The summed E-state index contributed by atoms with van der Waals surface area (Å²) in [5, 5.41) is 6.69. The molecule has 2 aromatic heterocycles. The number of hydrogen-bond donors (Lipinski definition) is 2. The van der Waals surface area contributed by atoms with Gasteiger partial charge in [0.05, 0.1) is 20.5 Å². The Labute approximate surface area is 181 Å². The van der Waals surface area contributed by atoms with Crippen LogP contribution < -0.4 is 20.1 Å². The number of nitrogens with one attached hydrogen (secondary N) is 2. The standard InChI is InChI=1S/C23H26N6O2/c1-15(2)29-14-25-20-21(24-13-16-5-9-18(30-3)10-6-16)27-23(28-22(20)29)26-17-7-11-19(31-4)12-8-17/h5-12,14-15H,13H2,1-4H3,(H2,24,26,27,28). The summed E-state index contributed by atoms with van der Waals surface area (Å²) in [6.45, 7) is 4.81. The minimum absolute atomic E-state index is 0.225. The van der Waals surface area contributed by atoms with Crippen molar-refractivity contribution in [2.45, 2.75) is 26.4 Å². The van der Waals surface area contributed by atoms with Crippen LogP contribution in [0.1, 0.15) is 25.5 Å². The lowest BCUT2D eigenvalue weighted by Gasteiger charge is -2.12. The molecule has 4 rings (SSSR count). The Hall–Kier alpha value is -3.81. The first-order valence-corrected chi connectivity index (χ1v) is 10.1. The van der Waals surface area contributed by atoms with E-state index in [1.54, 1.807) is 20.5 Å². The summed E-state index contributed by atoms with van der Waals surface area (Å²) < 4.78 is 12.5. The molecule has 0 spiro atoms. The molecule has 0 amide bonds. The van der Waals surface area contributed by atoms with Crippen molar-refractivity contribution in [1.82, 2.24) is 19.5 Å². The second-order valence-electron chi connectivity index (χ2n) is 7.37. The molecule has 0 aliphatic carbocycles. The highest BCUT2D eigenvalue weighted by molar-refractivity contribution is 5.84. The van der Waals surface area contributed by atoms with Gasteiger partial charge in [-0.1, -0.05) is 12.1 Å². The fourth-order valence-electron chi connectivity index (χ4n) is 3.21. The molecular formula is C23H26N6O2. The van der Waals surface area contributed by atoms with Crippen LogP contribution in [0.5, 0.6) is 11.5 Å². The molecule has 160 valence electrons. The lowest BCUT2D eigenvalue weighted by Crippen LogP contribution is -2.07. The van der Waals surface area contributed by atoms with Gasteiger partial charge in [0, 0.05) is 18.3 Å². The van der Waals surface area contributed by atoms with Gasteiger partial charge >= 0.3 is 0 Å². The number of aromatic nitrogens is 4. The molecule has 0 atom stereocenters. The van der Waals surface area contributed by atoms with Crippen LogP contribution in [0.3, 0.4) is 0 Å². The average molecular weight is 419 g/mol. The number of rotatable bonds is 8. The number of benzene rings is 2. The first-order valence-electron chi connectivity index (χ1n) is 10.1. The van der Waals surface area contributed by atoms with Crippen molar-refractivity contribution in [3.8, 4) is 11.5 Å². The summed E-state index contributed by atoms with van der Waals surface area (Å²) in [7, 11) is 3.31. The van der Waals surface area contributed by atoms with Gasteiger partial charge in [-0.25, -0.2) is 4.98 Å². The Kier molecular flexibility index (Phi) is 5.88. The number of hydrogen-bond acceptors (Lipinski definition) is 7. The Bertz CT molecular complexity index is 1150. The number of ether oxygens (including phenoxy) is 2. The van der Waals surface area contributed by atoms with E-state index in [0.29, 0.717) is 18.3 Å². The van der Waals surface area contributed by atoms with Crippen molar-refractivity contribution in [2.24, 2.45) is 0 Å². The summed E-state index contributed by atoms with van der Waals surface area (Å²) in [6.07, 6.45) is 1.81. The van der Waals surface area contributed by atoms with E-state index in [-0.39, 0.29) is 6.04 Å². The second kappa shape index (κ2) is 8.91. The van der Waals surface area contributed by atoms with Gasteiger partial charge in [-0.2, -0.15) is 9.97 Å². The first-order chi connectivity index (χ1) is 15.1. The van der Waals surface area contributed by atoms with Crippen molar-refractivity contribution in [3.05, 3.63) is 60.4 Å². The van der Waals surface area contributed by atoms with E-state index in [2.05, 4.69) is 29.5 Å². The van der Waals surface area contributed by atoms with Crippen LogP contribution in [-0.4, -0.2) is 33.7 Å². The van der Waals surface area contributed by atoms with Crippen LogP contribution in [0, 0.1) is 0 Å². The molecule has 0 bridgehead atoms. The van der Waals surface area contributed by atoms with Gasteiger partial charge in [-0.15, -0.1) is 0 Å². The Morgan fingerprint density at radius 2 is 1.55 bits per heavy atom. The second-order valence-corrected chi connectivity index (χ2v) is 7.37. The zero-order valence-electron chi connectivity index (χ0n) is 18.1. The Balaban J connectivity index is 1.64. The molecule has 31 heavy (non-hydrogen) atoms. The molecule has 4 aromatic rings. The van der Waals surface area contributed by atoms with Crippen LogP contribution in [0.4, 0.5) is 17.5 Å². The molecule has 0 fully saturated rings. The van der Waals surface area contributed by atoms with E-state index in [1.807, 2.05) is 53.1 Å². The maximum atomic E-state index is 5.23. The monoisotopic (exact) mass is 418 g/mol. The van der Waals surface area contributed by atoms with Gasteiger partial charge < -0.3 is 24.7 Å². The van der Waals surface area contributed by atoms with E-state index >= 15 is 0 Å². The fraction of sp³-hybridized carbons (Fsp3) is 0.261. The number of imidazole rings is 1.